The number of nitrogens with zero attached hydrogens (tertiary/aromatic N) is 2. The maximum absolute atomic E-state index is 12.9. The lowest BCUT2D eigenvalue weighted by molar-refractivity contribution is 0.0692. The number of carboxylic acids is 1. The van der Waals surface area contributed by atoms with E-state index in [0.29, 0.717) is 11.7 Å². The van der Waals surface area contributed by atoms with E-state index in [1.54, 1.807) is 19.2 Å². The summed E-state index contributed by atoms with van der Waals surface area (Å²) in [5.41, 5.74) is 1.78. The van der Waals surface area contributed by atoms with Crippen LogP contribution in [0.25, 0.3) is 11.3 Å². The first-order chi connectivity index (χ1) is 13.0. The molecule has 3 aromatic rings. The maximum atomic E-state index is 12.9. The van der Waals surface area contributed by atoms with Gasteiger partial charge in [0.2, 0.25) is 0 Å². The number of hydrogen-bond donors (Lipinski definition) is 1. The van der Waals surface area contributed by atoms with Crippen molar-refractivity contribution in [2.45, 2.75) is 6.92 Å². The van der Waals surface area contributed by atoms with Crippen molar-refractivity contribution in [3.8, 4) is 17.0 Å². The summed E-state index contributed by atoms with van der Waals surface area (Å²) in [5.74, 6) is -0.760. The average Bonchev–Trinajstić information content (AvgIpc) is 3.18. The number of aromatic carboxylic acids is 1. The van der Waals surface area contributed by atoms with Crippen molar-refractivity contribution < 1.29 is 19.4 Å². The third-order valence-electron chi connectivity index (χ3n) is 4.06. The van der Waals surface area contributed by atoms with Crippen molar-refractivity contribution in [2.75, 3.05) is 18.6 Å². The van der Waals surface area contributed by atoms with Crippen LogP contribution in [-0.2, 0) is 0 Å². The third kappa shape index (κ3) is 3.83. The summed E-state index contributed by atoms with van der Waals surface area (Å²) in [4.78, 5) is 30.4. The third-order valence-corrected chi connectivity index (χ3v) is 4.92. The van der Waals surface area contributed by atoms with Crippen LogP contribution in [-0.4, -0.2) is 35.6 Å². The van der Waals surface area contributed by atoms with Crippen LogP contribution in [0, 0.1) is 0 Å². The van der Waals surface area contributed by atoms with E-state index >= 15 is 0 Å². The van der Waals surface area contributed by atoms with Crippen LogP contribution in [0.3, 0.4) is 0 Å². The van der Waals surface area contributed by atoms with Crippen LogP contribution < -0.4 is 9.64 Å². The Bertz CT molecular complexity index is 966. The van der Waals surface area contributed by atoms with Crippen molar-refractivity contribution in [2.24, 2.45) is 0 Å². The second-order valence-electron chi connectivity index (χ2n) is 5.64. The Kier molecular flexibility index (Phi) is 5.52. The smallest absolute Gasteiger partial charge is 0.336 e. The maximum Gasteiger partial charge on any atom is 0.336 e. The van der Waals surface area contributed by atoms with Gasteiger partial charge in [0.25, 0.3) is 5.91 Å². The summed E-state index contributed by atoms with van der Waals surface area (Å²) < 4.78 is 5.16. The summed E-state index contributed by atoms with van der Waals surface area (Å²) in [7, 11) is 1.61. The number of hydrogen-bond acceptors (Lipinski definition) is 5. The fourth-order valence-corrected chi connectivity index (χ4v) is 3.55. The number of ether oxygens (including phenoxy) is 1. The highest BCUT2D eigenvalue weighted by atomic mass is 32.1. The molecule has 27 heavy (non-hydrogen) atoms. The zero-order valence-corrected chi connectivity index (χ0v) is 15.7. The molecule has 1 aromatic heterocycles. The molecule has 0 aliphatic carbocycles. The SMILES string of the molecule is CCN(C(=O)c1ccccc1C(=O)O)c1nc(-c2ccc(OC)cc2)cs1. The van der Waals surface area contributed by atoms with E-state index in [0.717, 1.165) is 17.0 Å². The van der Waals surface area contributed by atoms with Crippen molar-refractivity contribution in [1.29, 1.82) is 0 Å². The van der Waals surface area contributed by atoms with Gasteiger partial charge in [-0.05, 0) is 43.3 Å². The van der Waals surface area contributed by atoms with Gasteiger partial charge in [-0.1, -0.05) is 12.1 Å². The average molecular weight is 382 g/mol. The van der Waals surface area contributed by atoms with Crippen molar-refractivity contribution >= 4 is 28.3 Å². The van der Waals surface area contributed by atoms with Crippen molar-refractivity contribution in [3.63, 3.8) is 0 Å². The first kappa shape index (κ1) is 18.6. The lowest BCUT2D eigenvalue weighted by Crippen LogP contribution is -2.31. The molecule has 1 amide bonds. The van der Waals surface area contributed by atoms with Crippen LogP contribution in [0.4, 0.5) is 5.13 Å². The molecule has 1 N–H and O–H groups in total. The van der Waals surface area contributed by atoms with E-state index in [1.807, 2.05) is 36.6 Å². The summed E-state index contributed by atoms with van der Waals surface area (Å²) >= 11 is 1.34. The molecule has 0 aliphatic rings. The predicted octanol–water partition coefficient (Wildman–Crippen LogP) is 4.18. The number of methoxy groups -OCH3 is 1. The Hall–Kier alpha value is -3.19. The van der Waals surface area contributed by atoms with E-state index in [9.17, 15) is 14.7 Å². The number of amides is 1. The van der Waals surface area contributed by atoms with Gasteiger partial charge in [-0.25, -0.2) is 9.78 Å². The summed E-state index contributed by atoms with van der Waals surface area (Å²) in [6.07, 6.45) is 0. The number of carboxylic acid groups (broad SMARTS) is 1. The first-order valence-corrected chi connectivity index (χ1v) is 9.17. The van der Waals surface area contributed by atoms with Gasteiger partial charge in [-0.2, -0.15) is 0 Å². The Morgan fingerprint density at radius 2 is 1.78 bits per heavy atom. The molecule has 0 saturated carbocycles. The molecule has 6 nitrogen and oxygen atoms in total. The van der Waals surface area contributed by atoms with E-state index < -0.39 is 5.97 Å². The molecule has 138 valence electrons. The Balaban J connectivity index is 1.91. The summed E-state index contributed by atoms with van der Waals surface area (Å²) in [6.45, 7) is 2.21. The van der Waals surface area contributed by atoms with Gasteiger partial charge >= 0.3 is 5.97 Å². The lowest BCUT2D eigenvalue weighted by Gasteiger charge is -2.18. The fraction of sp³-hybridized carbons (Fsp3) is 0.150. The second kappa shape index (κ2) is 8.01. The monoisotopic (exact) mass is 382 g/mol. The highest BCUT2D eigenvalue weighted by Crippen LogP contribution is 2.29. The van der Waals surface area contributed by atoms with E-state index in [-0.39, 0.29) is 17.0 Å². The molecule has 7 heteroatoms. The molecule has 2 aromatic carbocycles. The van der Waals surface area contributed by atoms with Crippen molar-refractivity contribution in [3.05, 3.63) is 65.0 Å². The minimum Gasteiger partial charge on any atom is -0.497 e. The second-order valence-corrected chi connectivity index (χ2v) is 6.48. The number of carbonyl (C=O) groups is 2. The van der Waals surface area contributed by atoms with Crippen LogP contribution >= 0.6 is 11.3 Å². The Morgan fingerprint density at radius 1 is 1.11 bits per heavy atom. The van der Waals surface area contributed by atoms with Gasteiger partial charge in [0.1, 0.15) is 5.75 Å². The Morgan fingerprint density at radius 3 is 2.37 bits per heavy atom. The molecule has 0 radical (unpaired) electrons. The molecule has 0 atom stereocenters. The van der Waals surface area contributed by atoms with Gasteiger partial charge < -0.3 is 9.84 Å². The number of rotatable bonds is 6. The van der Waals surface area contributed by atoms with Crippen LogP contribution in [0.15, 0.2) is 53.9 Å². The topological polar surface area (TPSA) is 79.7 Å². The number of aromatic nitrogens is 1. The van der Waals surface area contributed by atoms with E-state index in [1.165, 1.54) is 28.4 Å². The van der Waals surface area contributed by atoms with Crippen LogP contribution in [0.1, 0.15) is 27.6 Å². The molecular formula is C20H18N2O4S. The largest absolute Gasteiger partial charge is 0.497 e. The number of benzene rings is 2. The van der Waals surface area contributed by atoms with Gasteiger partial charge in [0.15, 0.2) is 5.13 Å². The van der Waals surface area contributed by atoms with Gasteiger partial charge in [-0.15, -0.1) is 11.3 Å². The van der Waals surface area contributed by atoms with Crippen molar-refractivity contribution in [1.82, 2.24) is 4.98 Å². The molecule has 0 aliphatic heterocycles. The molecule has 0 saturated heterocycles. The fourth-order valence-electron chi connectivity index (χ4n) is 2.65. The molecule has 3 rings (SSSR count). The van der Waals surface area contributed by atoms with E-state index in [2.05, 4.69) is 4.98 Å². The van der Waals surface area contributed by atoms with Gasteiger partial charge in [0.05, 0.1) is 23.9 Å². The summed E-state index contributed by atoms with van der Waals surface area (Å²) in [5, 5.41) is 11.7. The first-order valence-electron chi connectivity index (χ1n) is 8.29. The highest BCUT2D eigenvalue weighted by molar-refractivity contribution is 7.14. The normalized spacial score (nSPS) is 10.4. The minimum atomic E-state index is -1.13. The Labute approximate surface area is 160 Å². The number of thiazole rings is 1. The molecule has 0 spiro atoms. The van der Waals surface area contributed by atoms with Crippen LogP contribution in [0.5, 0.6) is 5.75 Å². The zero-order chi connectivity index (χ0) is 19.4. The highest BCUT2D eigenvalue weighted by Gasteiger charge is 2.23. The molecule has 0 bridgehead atoms. The molecule has 0 unspecified atom stereocenters. The lowest BCUT2D eigenvalue weighted by atomic mass is 10.1. The zero-order valence-electron chi connectivity index (χ0n) is 14.9. The van der Waals surface area contributed by atoms with Crippen LogP contribution in [0.2, 0.25) is 0 Å². The summed E-state index contributed by atoms with van der Waals surface area (Å²) in [6, 6.07) is 13.7. The quantitative estimate of drug-likeness (QED) is 0.692. The number of anilines is 1. The molecule has 0 fully saturated rings. The van der Waals surface area contributed by atoms with E-state index in [4.69, 9.17) is 4.74 Å². The van der Waals surface area contributed by atoms with Gasteiger partial charge in [0, 0.05) is 17.5 Å². The molecule has 1 heterocycles. The minimum absolute atomic E-state index is 0.0205. The van der Waals surface area contributed by atoms with Gasteiger partial charge in [-0.3, -0.25) is 9.69 Å². The molecular weight excluding hydrogens is 364 g/mol. The standard InChI is InChI=1S/C20H18N2O4S/c1-3-22(18(23)15-6-4-5-7-16(15)19(24)25)20-21-17(12-27-20)13-8-10-14(26-2)11-9-13/h4-12H,3H2,1-2H3,(H,24,25). The predicted molar refractivity (Wildman–Crippen MR) is 105 cm³/mol. The number of carbonyl (C=O) groups excluding carboxylic acids is 1.